The van der Waals surface area contributed by atoms with Crippen LogP contribution in [0.15, 0.2) is 0 Å². The summed E-state index contributed by atoms with van der Waals surface area (Å²) in [7, 11) is -3.27. The van der Waals surface area contributed by atoms with Gasteiger partial charge in [-0.2, -0.15) is 17.4 Å². The van der Waals surface area contributed by atoms with Gasteiger partial charge in [-0.25, -0.2) is 0 Å². The highest BCUT2D eigenvalue weighted by Gasteiger charge is 2.46. The Kier molecular flexibility index (Phi) is 2.76. The molecule has 1 saturated carbocycles. The van der Waals surface area contributed by atoms with Crippen LogP contribution in [0.2, 0.25) is 0 Å². The molecule has 1 heterocycles. The van der Waals surface area contributed by atoms with Gasteiger partial charge in [0.15, 0.2) is 0 Å². The Bertz CT molecular complexity index is 307. The number of nitrogens with one attached hydrogen (secondary N) is 1. The Morgan fingerprint density at radius 1 is 1.29 bits per heavy atom. The lowest BCUT2D eigenvalue weighted by molar-refractivity contribution is 0.453. The first kappa shape index (κ1) is 10.7. The quantitative estimate of drug-likeness (QED) is 0.733. The molecule has 0 atom stereocenters. The van der Waals surface area contributed by atoms with Crippen molar-refractivity contribution in [3.05, 3.63) is 0 Å². The van der Waals surface area contributed by atoms with Gasteiger partial charge >= 0.3 is 0 Å². The van der Waals surface area contributed by atoms with Crippen LogP contribution in [0, 0.1) is 0 Å². The molecule has 1 N–H and O–H groups in total. The first-order valence-electron chi connectivity index (χ1n) is 4.93. The summed E-state index contributed by atoms with van der Waals surface area (Å²) in [6, 6.07) is 0. The van der Waals surface area contributed by atoms with Gasteiger partial charge in [0.2, 0.25) is 0 Å². The summed E-state index contributed by atoms with van der Waals surface area (Å²) in [5.41, 5.74) is -0.330. The minimum Gasteiger partial charge on any atom is -0.195 e. The fraction of sp³-hybridized carbons (Fsp3) is 1.00. The molecule has 1 aliphatic heterocycles. The van der Waals surface area contributed by atoms with Crippen LogP contribution in [0.5, 0.6) is 0 Å². The van der Waals surface area contributed by atoms with E-state index >= 15 is 0 Å². The van der Waals surface area contributed by atoms with Gasteiger partial charge in [-0.15, -0.1) is 11.6 Å². The Labute approximate surface area is 89.8 Å². The van der Waals surface area contributed by atoms with E-state index in [0.29, 0.717) is 19.0 Å². The molecule has 0 aromatic carbocycles. The van der Waals surface area contributed by atoms with Gasteiger partial charge in [-0.3, -0.25) is 0 Å². The molecule has 0 unspecified atom stereocenters. The van der Waals surface area contributed by atoms with E-state index in [1.165, 1.54) is 4.31 Å². The molecule has 0 amide bonds. The zero-order valence-corrected chi connectivity index (χ0v) is 9.57. The van der Waals surface area contributed by atoms with Gasteiger partial charge in [-0.05, 0) is 25.7 Å². The molecule has 0 spiro atoms. The van der Waals surface area contributed by atoms with E-state index in [0.717, 1.165) is 25.7 Å². The van der Waals surface area contributed by atoms with Crippen molar-refractivity contribution < 1.29 is 8.42 Å². The zero-order valence-electron chi connectivity index (χ0n) is 8.00. The summed E-state index contributed by atoms with van der Waals surface area (Å²) in [6.07, 6.45) is 3.66. The molecule has 4 nitrogen and oxygen atoms in total. The highest BCUT2D eigenvalue weighted by Crippen LogP contribution is 2.37. The van der Waals surface area contributed by atoms with Crippen LogP contribution >= 0.6 is 11.6 Å². The van der Waals surface area contributed by atoms with Crippen molar-refractivity contribution >= 4 is 21.8 Å². The van der Waals surface area contributed by atoms with Crippen molar-refractivity contribution in [2.45, 2.75) is 31.2 Å². The van der Waals surface area contributed by atoms with Crippen LogP contribution in [0.4, 0.5) is 0 Å². The van der Waals surface area contributed by atoms with E-state index in [-0.39, 0.29) is 5.54 Å². The van der Waals surface area contributed by atoms with Gasteiger partial charge in [0.25, 0.3) is 10.2 Å². The predicted molar refractivity (Wildman–Crippen MR) is 55.5 cm³/mol. The van der Waals surface area contributed by atoms with Gasteiger partial charge in [-0.1, -0.05) is 0 Å². The van der Waals surface area contributed by atoms with Crippen LogP contribution in [0.1, 0.15) is 25.7 Å². The number of alkyl halides is 1. The Morgan fingerprint density at radius 3 is 2.29 bits per heavy atom. The Balaban J connectivity index is 2.01. The lowest BCUT2D eigenvalue weighted by Gasteiger charge is -2.20. The number of rotatable bonds is 4. The largest absolute Gasteiger partial charge is 0.279 e. The Hall–Kier alpha value is 0.160. The molecule has 14 heavy (non-hydrogen) atoms. The summed E-state index contributed by atoms with van der Waals surface area (Å²) in [6.45, 7) is 1.29. The van der Waals surface area contributed by atoms with Gasteiger partial charge in [0.05, 0.1) is 0 Å². The van der Waals surface area contributed by atoms with E-state index < -0.39 is 10.2 Å². The third kappa shape index (κ3) is 2.05. The van der Waals surface area contributed by atoms with Crippen molar-refractivity contribution in [3.63, 3.8) is 0 Å². The number of nitrogens with zero attached hydrogens (tertiary/aromatic N) is 1. The van der Waals surface area contributed by atoms with E-state index in [4.69, 9.17) is 11.6 Å². The molecule has 0 aromatic rings. The molecular formula is C8H15ClN2O2S. The van der Waals surface area contributed by atoms with Crippen molar-refractivity contribution in [3.8, 4) is 0 Å². The van der Waals surface area contributed by atoms with E-state index in [2.05, 4.69) is 4.72 Å². The molecule has 2 aliphatic rings. The summed E-state index contributed by atoms with van der Waals surface area (Å²) >= 11 is 5.72. The van der Waals surface area contributed by atoms with Gasteiger partial charge in [0, 0.05) is 24.5 Å². The molecule has 0 aromatic heterocycles. The summed E-state index contributed by atoms with van der Waals surface area (Å²) in [4.78, 5) is 0. The smallest absolute Gasteiger partial charge is 0.195 e. The van der Waals surface area contributed by atoms with E-state index in [9.17, 15) is 8.42 Å². The summed E-state index contributed by atoms with van der Waals surface area (Å²) < 4.78 is 27.8. The highest BCUT2D eigenvalue weighted by molar-refractivity contribution is 7.87. The maximum Gasteiger partial charge on any atom is 0.279 e. The van der Waals surface area contributed by atoms with Crippen molar-refractivity contribution in [1.29, 1.82) is 0 Å². The lowest BCUT2D eigenvalue weighted by atomic mass is 10.4. The van der Waals surface area contributed by atoms with E-state index in [1.807, 2.05) is 0 Å². The molecule has 0 radical (unpaired) electrons. The molecule has 82 valence electrons. The van der Waals surface area contributed by atoms with Crippen LogP contribution in [-0.4, -0.2) is 37.2 Å². The molecular weight excluding hydrogens is 224 g/mol. The topological polar surface area (TPSA) is 49.4 Å². The van der Waals surface area contributed by atoms with Crippen molar-refractivity contribution in [2.75, 3.05) is 19.0 Å². The van der Waals surface area contributed by atoms with Gasteiger partial charge < -0.3 is 0 Å². The average molecular weight is 239 g/mol. The van der Waals surface area contributed by atoms with Crippen LogP contribution in [0.25, 0.3) is 0 Å². The zero-order chi connectivity index (χ0) is 10.2. The van der Waals surface area contributed by atoms with Crippen LogP contribution in [0.3, 0.4) is 0 Å². The molecule has 6 heteroatoms. The molecule has 0 bridgehead atoms. The van der Waals surface area contributed by atoms with Crippen molar-refractivity contribution in [1.82, 2.24) is 9.03 Å². The van der Waals surface area contributed by atoms with Crippen LogP contribution < -0.4 is 4.72 Å². The number of hydrogen-bond acceptors (Lipinski definition) is 2. The third-order valence-corrected chi connectivity index (χ3v) is 5.11. The number of hydrogen-bond donors (Lipinski definition) is 1. The normalized spacial score (nSPS) is 26.6. The monoisotopic (exact) mass is 238 g/mol. The first-order valence-corrected chi connectivity index (χ1v) is 6.90. The predicted octanol–water partition coefficient (Wildman–Crippen LogP) is 0.688. The second-order valence-electron chi connectivity index (χ2n) is 4.13. The highest BCUT2D eigenvalue weighted by atomic mass is 35.5. The fourth-order valence-electron chi connectivity index (χ4n) is 1.68. The standard InChI is InChI=1S/C8H15ClN2O2S/c9-7-8(3-4-8)10-14(12,13)11-5-1-2-6-11/h10H,1-7H2. The minimum atomic E-state index is -3.27. The minimum absolute atomic E-state index is 0.330. The van der Waals surface area contributed by atoms with Crippen LogP contribution in [-0.2, 0) is 10.2 Å². The Morgan fingerprint density at radius 2 is 1.86 bits per heavy atom. The molecule has 1 aliphatic carbocycles. The maximum absolute atomic E-state index is 11.8. The molecule has 2 fully saturated rings. The van der Waals surface area contributed by atoms with E-state index in [1.54, 1.807) is 0 Å². The SMILES string of the molecule is O=S(=O)(NC1(CCl)CC1)N1CCCC1. The first-order chi connectivity index (χ1) is 6.58. The van der Waals surface area contributed by atoms with Gasteiger partial charge in [0.1, 0.15) is 0 Å². The third-order valence-electron chi connectivity index (χ3n) is 2.86. The second-order valence-corrected chi connectivity index (χ2v) is 6.07. The molecule has 1 saturated heterocycles. The number of halogens is 1. The van der Waals surface area contributed by atoms with Crippen molar-refractivity contribution in [2.24, 2.45) is 0 Å². The fourth-order valence-corrected chi connectivity index (χ4v) is 3.79. The summed E-state index contributed by atoms with van der Waals surface area (Å²) in [5, 5.41) is 0. The molecule has 2 rings (SSSR count). The lowest BCUT2D eigenvalue weighted by Crippen LogP contribution is -2.46. The maximum atomic E-state index is 11.8. The second kappa shape index (κ2) is 3.63. The average Bonchev–Trinajstić information content (AvgIpc) is 2.70. The summed E-state index contributed by atoms with van der Waals surface area (Å²) in [5.74, 6) is 0.375.